The van der Waals surface area contributed by atoms with Gasteiger partial charge in [0.2, 0.25) is 0 Å². The number of benzene rings is 1. The first kappa shape index (κ1) is 18.5. The third kappa shape index (κ3) is 4.28. The number of tetrazole rings is 1. The van der Waals surface area contributed by atoms with Crippen molar-refractivity contribution in [1.29, 1.82) is 0 Å². The fourth-order valence-corrected chi connectivity index (χ4v) is 3.35. The van der Waals surface area contributed by atoms with Crippen molar-refractivity contribution >= 4 is 23.2 Å². The van der Waals surface area contributed by atoms with Gasteiger partial charge < -0.3 is 0 Å². The molecular formula is C17H18Cl2N6O. The summed E-state index contributed by atoms with van der Waals surface area (Å²) < 4.78 is 0. The van der Waals surface area contributed by atoms with Crippen LogP contribution in [0, 0.1) is 0 Å². The highest BCUT2D eigenvalue weighted by atomic mass is 35.5. The van der Waals surface area contributed by atoms with Crippen LogP contribution >= 0.6 is 23.2 Å². The molecule has 0 saturated heterocycles. The number of rotatable bonds is 6. The summed E-state index contributed by atoms with van der Waals surface area (Å²) >= 11 is 12.9. The van der Waals surface area contributed by atoms with Gasteiger partial charge in [0.25, 0.3) is 5.56 Å². The highest BCUT2D eigenvalue weighted by Gasteiger charge is 2.13. The lowest BCUT2D eigenvalue weighted by Crippen LogP contribution is -2.17. The van der Waals surface area contributed by atoms with Crippen LogP contribution in [0.5, 0.6) is 0 Å². The topological polar surface area (TPSA) is 100 Å². The molecular weight excluding hydrogens is 375 g/mol. The molecule has 2 N–H and O–H groups in total. The smallest absolute Gasteiger partial charge is 0.267 e. The molecule has 0 saturated carbocycles. The maximum atomic E-state index is 11.8. The molecule has 2 aromatic heterocycles. The van der Waals surface area contributed by atoms with Crippen LogP contribution in [-0.4, -0.2) is 30.8 Å². The number of nitrogens with zero attached hydrogens (tertiary/aromatic N) is 4. The van der Waals surface area contributed by atoms with Crippen molar-refractivity contribution in [3.63, 3.8) is 0 Å². The van der Waals surface area contributed by atoms with E-state index in [2.05, 4.69) is 30.8 Å². The van der Waals surface area contributed by atoms with Crippen LogP contribution in [0.25, 0.3) is 0 Å². The number of hydrogen-bond acceptors (Lipinski definition) is 5. The van der Waals surface area contributed by atoms with E-state index in [0.29, 0.717) is 40.7 Å². The molecule has 26 heavy (non-hydrogen) atoms. The van der Waals surface area contributed by atoms with Crippen molar-refractivity contribution < 1.29 is 0 Å². The van der Waals surface area contributed by atoms with Gasteiger partial charge in [0.05, 0.1) is 5.69 Å². The van der Waals surface area contributed by atoms with Crippen LogP contribution in [0.4, 0.5) is 0 Å². The lowest BCUT2D eigenvalue weighted by molar-refractivity contribution is 0.801. The lowest BCUT2D eigenvalue weighted by atomic mass is 10.0. The Morgan fingerprint density at radius 3 is 2.42 bits per heavy atom. The number of hydrogen-bond donors (Lipinski definition) is 2. The van der Waals surface area contributed by atoms with E-state index in [1.165, 1.54) is 0 Å². The highest BCUT2D eigenvalue weighted by molar-refractivity contribution is 6.36. The second-order valence-corrected chi connectivity index (χ2v) is 7.18. The number of H-pyrrole nitrogens is 2. The Hall–Kier alpha value is -2.25. The second-order valence-electron chi connectivity index (χ2n) is 6.36. The molecule has 7 nitrogen and oxygen atoms in total. The maximum absolute atomic E-state index is 11.8. The summed E-state index contributed by atoms with van der Waals surface area (Å²) in [6.07, 6.45) is 1.82. The van der Waals surface area contributed by atoms with Crippen LogP contribution in [0.3, 0.4) is 0 Å². The molecule has 0 aliphatic rings. The Balaban J connectivity index is 1.80. The molecule has 3 rings (SSSR count). The van der Waals surface area contributed by atoms with Crippen LogP contribution in [0.2, 0.25) is 10.0 Å². The van der Waals surface area contributed by atoms with Gasteiger partial charge in [-0.05, 0) is 52.1 Å². The fraction of sp³-hybridized carbons (Fsp3) is 0.353. The first-order valence-electron chi connectivity index (χ1n) is 8.22. The Kier molecular flexibility index (Phi) is 5.68. The average molecular weight is 393 g/mol. The van der Waals surface area contributed by atoms with Crippen LogP contribution in [-0.2, 0) is 19.3 Å². The van der Waals surface area contributed by atoms with Gasteiger partial charge >= 0.3 is 0 Å². The molecule has 0 bridgehead atoms. The molecule has 0 radical (unpaired) electrons. The average Bonchev–Trinajstić information content (AvgIpc) is 3.11. The van der Waals surface area contributed by atoms with E-state index in [1.54, 1.807) is 6.07 Å². The van der Waals surface area contributed by atoms with Crippen molar-refractivity contribution in [2.24, 2.45) is 0 Å². The van der Waals surface area contributed by atoms with E-state index in [4.69, 9.17) is 23.2 Å². The monoisotopic (exact) mass is 392 g/mol. The van der Waals surface area contributed by atoms with E-state index in [1.807, 2.05) is 26.0 Å². The van der Waals surface area contributed by atoms with Crippen molar-refractivity contribution in [3.8, 4) is 0 Å². The standard InChI is InChI=1S/C17H18Cl2N6O/c1-9(2)12-7-11(20-23-17(12)26)8-13-14(18)5-10(6-15(13)19)3-4-16-21-24-25-22-16/h5-7,9H,3-4,8H2,1-2H3,(H,23,26)(H,21,22,24,25). The van der Waals surface area contributed by atoms with Gasteiger partial charge in [0.1, 0.15) is 5.82 Å². The predicted molar refractivity (Wildman–Crippen MR) is 99.8 cm³/mol. The minimum absolute atomic E-state index is 0.111. The summed E-state index contributed by atoms with van der Waals surface area (Å²) in [5, 5.41) is 21.5. The summed E-state index contributed by atoms with van der Waals surface area (Å²) in [7, 11) is 0. The van der Waals surface area contributed by atoms with Gasteiger partial charge in [-0.15, -0.1) is 5.10 Å². The normalized spacial score (nSPS) is 11.3. The zero-order valence-electron chi connectivity index (χ0n) is 14.4. The fourth-order valence-electron chi connectivity index (χ4n) is 2.68. The van der Waals surface area contributed by atoms with Crippen molar-refractivity contribution in [1.82, 2.24) is 30.8 Å². The second kappa shape index (κ2) is 7.97. The van der Waals surface area contributed by atoms with E-state index in [-0.39, 0.29) is 11.5 Å². The largest absolute Gasteiger partial charge is 0.268 e. The molecule has 136 valence electrons. The van der Waals surface area contributed by atoms with Crippen molar-refractivity contribution in [2.45, 2.75) is 39.0 Å². The zero-order valence-corrected chi connectivity index (χ0v) is 15.9. The van der Waals surface area contributed by atoms with Crippen LogP contribution in [0.15, 0.2) is 23.0 Å². The Labute approximate surface area is 160 Å². The molecule has 0 atom stereocenters. The summed E-state index contributed by atoms with van der Waals surface area (Å²) in [5.74, 6) is 0.819. The third-order valence-corrected chi connectivity index (χ3v) is 4.78. The molecule has 0 spiro atoms. The van der Waals surface area contributed by atoms with Crippen LogP contribution < -0.4 is 5.56 Å². The van der Waals surface area contributed by atoms with Crippen LogP contribution in [0.1, 0.15) is 48.0 Å². The number of aromatic amines is 2. The van der Waals surface area contributed by atoms with Gasteiger partial charge in [-0.25, -0.2) is 10.2 Å². The molecule has 0 aliphatic carbocycles. The Bertz CT molecular complexity index is 929. The number of aryl methyl sites for hydroxylation is 2. The minimum atomic E-state index is -0.168. The summed E-state index contributed by atoms with van der Waals surface area (Å²) in [5.41, 5.74) is 3.03. The number of halogens is 2. The van der Waals surface area contributed by atoms with E-state index >= 15 is 0 Å². The predicted octanol–water partition coefficient (Wildman–Crippen LogP) is 3.09. The molecule has 0 unspecified atom stereocenters. The summed E-state index contributed by atoms with van der Waals surface area (Å²) in [4.78, 5) is 11.8. The van der Waals surface area contributed by atoms with E-state index in [9.17, 15) is 4.79 Å². The van der Waals surface area contributed by atoms with Gasteiger partial charge in [-0.1, -0.05) is 37.0 Å². The van der Waals surface area contributed by atoms with Gasteiger partial charge in [0, 0.05) is 28.5 Å². The summed E-state index contributed by atoms with van der Waals surface area (Å²) in [6, 6.07) is 5.59. The SMILES string of the molecule is CC(C)c1cc(Cc2c(Cl)cc(CCc3nnn[nH]3)cc2Cl)n[nH]c1=O. The third-order valence-electron chi connectivity index (χ3n) is 4.11. The number of nitrogens with one attached hydrogen (secondary N) is 2. The lowest BCUT2D eigenvalue weighted by Gasteiger charge is -2.11. The minimum Gasteiger partial charge on any atom is -0.268 e. The summed E-state index contributed by atoms with van der Waals surface area (Å²) in [6.45, 7) is 3.93. The molecule has 3 aromatic rings. The van der Waals surface area contributed by atoms with Gasteiger partial charge in [0.15, 0.2) is 0 Å². The highest BCUT2D eigenvalue weighted by Crippen LogP contribution is 2.29. The van der Waals surface area contributed by atoms with Gasteiger partial charge in [-0.2, -0.15) is 5.10 Å². The first-order chi connectivity index (χ1) is 12.4. The van der Waals surface area contributed by atoms with Crippen molar-refractivity contribution in [3.05, 3.63) is 66.8 Å². The molecule has 0 aliphatic heterocycles. The van der Waals surface area contributed by atoms with E-state index in [0.717, 1.165) is 16.8 Å². The zero-order chi connectivity index (χ0) is 18.7. The number of aromatic nitrogens is 6. The van der Waals surface area contributed by atoms with Gasteiger partial charge in [-0.3, -0.25) is 4.79 Å². The first-order valence-corrected chi connectivity index (χ1v) is 8.97. The quantitative estimate of drug-likeness (QED) is 0.670. The molecule has 0 amide bonds. The molecule has 0 fully saturated rings. The van der Waals surface area contributed by atoms with E-state index < -0.39 is 0 Å². The maximum Gasteiger partial charge on any atom is 0.267 e. The molecule has 1 aromatic carbocycles. The Morgan fingerprint density at radius 2 is 1.81 bits per heavy atom. The molecule has 2 heterocycles. The van der Waals surface area contributed by atoms with Crippen molar-refractivity contribution in [2.75, 3.05) is 0 Å². The Morgan fingerprint density at radius 1 is 1.08 bits per heavy atom. The molecule has 9 heteroatoms.